The molecule has 0 unspecified atom stereocenters. The fourth-order valence-electron chi connectivity index (χ4n) is 3.56. The molecule has 7 heteroatoms. The Kier molecular flexibility index (Phi) is 5.20. The fourth-order valence-corrected chi connectivity index (χ4v) is 3.56. The molecule has 0 atom stereocenters. The second kappa shape index (κ2) is 7.82. The van der Waals surface area contributed by atoms with Crippen molar-refractivity contribution in [2.45, 2.75) is 26.1 Å². The standard InChI is InChI=1S/C23H19F3N2O2/c1-2-11-30-22(29)19-13-17(23(24,25)26)12-15-8-10-28(21(15)19)14-16-5-3-7-20-18(16)6-4-9-27-20/h3-10,12-13H,2,11,14H2,1H3. The zero-order chi connectivity index (χ0) is 21.3. The third-order valence-corrected chi connectivity index (χ3v) is 4.92. The molecule has 0 saturated carbocycles. The number of nitrogens with zero attached hydrogens (tertiary/aromatic N) is 2. The number of pyridine rings is 1. The van der Waals surface area contributed by atoms with Crippen molar-refractivity contribution in [3.8, 4) is 0 Å². The lowest BCUT2D eigenvalue weighted by Gasteiger charge is -2.14. The lowest BCUT2D eigenvalue weighted by atomic mass is 10.1. The normalized spacial score (nSPS) is 11.9. The maximum absolute atomic E-state index is 13.4. The fraction of sp³-hybridized carbons (Fsp3) is 0.217. The van der Waals surface area contributed by atoms with Crippen LogP contribution < -0.4 is 0 Å². The Morgan fingerprint density at radius 1 is 1.13 bits per heavy atom. The van der Waals surface area contributed by atoms with Gasteiger partial charge in [-0.1, -0.05) is 25.1 Å². The highest BCUT2D eigenvalue weighted by Gasteiger charge is 2.33. The summed E-state index contributed by atoms with van der Waals surface area (Å²) in [4.78, 5) is 16.9. The highest BCUT2D eigenvalue weighted by molar-refractivity contribution is 6.04. The van der Waals surface area contributed by atoms with Gasteiger partial charge in [0.05, 0.1) is 28.8 Å². The quantitative estimate of drug-likeness (QED) is 0.388. The van der Waals surface area contributed by atoms with Crippen LogP contribution in [0.3, 0.4) is 0 Å². The Balaban J connectivity index is 1.85. The van der Waals surface area contributed by atoms with Crippen LogP contribution in [-0.4, -0.2) is 22.1 Å². The Morgan fingerprint density at radius 3 is 2.73 bits per heavy atom. The van der Waals surface area contributed by atoms with E-state index in [1.54, 1.807) is 23.0 Å². The first-order chi connectivity index (χ1) is 14.4. The number of halogens is 3. The van der Waals surface area contributed by atoms with Gasteiger partial charge in [-0.2, -0.15) is 13.2 Å². The van der Waals surface area contributed by atoms with Crippen LogP contribution in [0.4, 0.5) is 13.2 Å². The number of aromatic nitrogens is 2. The largest absolute Gasteiger partial charge is 0.462 e. The molecule has 0 aliphatic heterocycles. The van der Waals surface area contributed by atoms with Gasteiger partial charge in [0.1, 0.15) is 0 Å². The summed E-state index contributed by atoms with van der Waals surface area (Å²) in [5.74, 6) is -0.757. The van der Waals surface area contributed by atoms with E-state index < -0.39 is 17.7 Å². The molecule has 30 heavy (non-hydrogen) atoms. The number of ether oxygens (including phenoxy) is 1. The summed E-state index contributed by atoms with van der Waals surface area (Å²) in [5, 5.41) is 1.29. The molecule has 0 spiro atoms. The number of carbonyl (C=O) groups is 1. The topological polar surface area (TPSA) is 44.1 Å². The number of rotatable bonds is 5. The van der Waals surface area contributed by atoms with Crippen LogP contribution in [0.25, 0.3) is 21.8 Å². The lowest BCUT2D eigenvalue weighted by molar-refractivity contribution is -0.137. The minimum absolute atomic E-state index is 0.0864. The SMILES string of the molecule is CCCOC(=O)c1cc(C(F)(F)F)cc2ccn(Cc3cccc4ncccc34)c12. The number of hydrogen-bond acceptors (Lipinski definition) is 3. The van der Waals surface area contributed by atoms with Crippen LogP contribution in [0.2, 0.25) is 0 Å². The summed E-state index contributed by atoms with van der Waals surface area (Å²) >= 11 is 0. The number of carbonyl (C=O) groups excluding carboxylic acids is 1. The zero-order valence-electron chi connectivity index (χ0n) is 16.2. The maximum Gasteiger partial charge on any atom is 0.416 e. The Morgan fingerprint density at radius 2 is 1.97 bits per heavy atom. The maximum atomic E-state index is 13.4. The molecule has 0 saturated heterocycles. The van der Waals surface area contributed by atoms with E-state index in [2.05, 4.69) is 4.98 Å². The molecular formula is C23H19F3N2O2. The lowest BCUT2D eigenvalue weighted by Crippen LogP contribution is -2.12. The van der Waals surface area contributed by atoms with Crippen LogP contribution >= 0.6 is 0 Å². The van der Waals surface area contributed by atoms with Gasteiger partial charge >= 0.3 is 12.1 Å². The summed E-state index contributed by atoms with van der Waals surface area (Å²) in [6.45, 7) is 2.35. The van der Waals surface area contributed by atoms with Crippen LogP contribution in [-0.2, 0) is 17.5 Å². The molecule has 4 rings (SSSR count). The van der Waals surface area contributed by atoms with Crippen molar-refractivity contribution in [3.05, 3.63) is 77.6 Å². The average Bonchev–Trinajstić information content (AvgIpc) is 3.14. The molecule has 2 aromatic carbocycles. The van der Waals surface area contributed by atoms with E-state index in [4.69, 9.17) is 4.74 Å². The first-order valence-electron chi connectivity index (χ1n) is 9.58. The molecule has 0 aliphatic carbocycles. The zero-order valence-corrected chi connectivity index (χ0v) is 16.2. The summed E-state index contributed by atoms with van der Waals surface area (Å²) in [6, 6.07) is 13.0. The van der Waals surface area contributed by atoms with E-state index in [1.165, 1.54) is 0 Å². The highest BCUT2D eigenvalue weighted by Crippen LogP contribution is 2.34. The Hall–Kier alpha value is -3.35. The van der Waals surface area contributed by atoms with Crippen molar-refractivity contribution in [2.75, 3.05) is 6.61 Å². The molecule has 154 valence electrons. The van der Waals surface area contributed by atoms with Crippen molar-refractivity contribution < 1.29 is 22.7 Å². The van der Waals surface area contributed by atoms with E-state index >= 15 is 0 Å². The van der Waals surface area contributed by atoms with Gasteiger partial charge in [0.25, 0.3) is 0 Å². The predicted molar refractivity (Wildman–Crippen MR) is 108 cm³/mol. The summed E-state index contributed by atoms with van der Waals surface area (Å²) in [7, 11) is 0. The van der Waals surface area contributed by atoms with Crippen LogP contribution in [0.1, 0.15) is 34.8 Å². The molecule has 2 heterocycles. The summed E-state index contributed by atoms with van der Waals surface area (Å²) in [5.41, 5.74) is 1.24. The molecule has 0 fully saturated rings. The Labute approximate surface area is 170 Å². The van der Waals surface area contributed by atoms with Gasteiger partial charge in [-0.15, -0.1) is 0 Å². The monoisotopic (exact) mass is 412 g/mol. The van der Waals surface area contributed by atoms with E-state index in [9.17, 15) is 18.0 Å². The van der Waals surface area contributed by atoms with E-state index in [-0.39, 0.29) is 12.2 Å². The van der Waals surface area contributed by atoms with Crippen molar-refractivity contribution >= 4 is 27.8 Å². The van der Waals surface area contributed by atoms with Gasteiger partial charge in [0.15, 0.2) is 0 Å². The molecular weight excluding hydrogens is 393 g/mol. The number of fused-ring (bicyclic) bond motifs is 2. The first-order valence-corrected chi connectivity index (χ1v) is 9.58. The van der Waals surface area contributed by atoms with E-state index in [1.807, 2.05) is 37.3 Å². The van der Waals surface area contributed by atoms with Crippen LogP contribution in [0.15, 0.2) is 60.9 Å². The number of esters is 1. The van der Waals surface area contributed by atoms with Gasteiger partial charge < -0.3 is 9.30 Å². The third-order valence-electron chi connectivity index (χ3n) is 4.92. The van der Waals surface area contributed by atoms with Gasteiger partial charge in [0, 0.05) is 29.7 Å². The molecule has 0 amide bonds. The molecule has 4 aromatic rings. The van der Waals surface area contributed by atoms with E-state index in [0.29, 0.717) is 23.9 Å². The second-order valence-corrected chi connectivity index (χ2v) is 7.03. The minimum Gasteiger partial charge on any atom is -0.462 e. The van der Waals surface area contributed by atoms with Gasteiger partial charge in [0.2, 0.25) is 0 Å². The number of alkyl halides is 3. The van der Waals surface area contributed by atoms with E-state index in [0.717, 1.165) is 28.6 Å². The van der Waals surface area contributed by atoms with Gasteiger partial charge in [-0.05, 0) is 42.3 Å². The smallest absolute Gasteiger partial charge is 0.416 e. The Bertz CT molecular complexity index is 1220. The number of benzene rings is 2. The van der Waals surface area contributed by atoms with Crippen LogP contribution in [0.5, 0.6) is 0 Å². The minimum atomic E-state index is -4.56. The van der Waals surface area contributed by atoms with Crippen molar-refractivity contribution in [2.24, 2.45) is 0 Å². The third kappa shape index (κ3) is 3.75. The molecule has 0 N–H and O–H groups in total. The summed E-state index contributed by atoms with van der Waals surface area (Å²) in [6.07, 6.45) is -0.580. The molecule has 2 aromatic heterocycles. The first kappa shape index (κ1) is 19.9. The van der Waals surface area contributed by atoms with Crippen molar-refractivity contribution in [1.82, 2.24) is 9.55 Å². The predicted octanol–water partition coefficient (Wildman–Crippen LogP) is 5.82. The second-order valence-electron chi connectivity index (χ2n) is 7.03. The highest BCUT2D eigenvalue weighted by atomic mass is 19.4. The van der Waals surface area contributed by atoms with Crippen molar-refractivity contribution in [1.29, 1.82) is 0 Å². The van der Waals surface area contributed by atoms with Crippen molar-refractivity contribution in [3.63, 3.8) is 0 Å². The molecule has 4 nitrogen and oxygen atoms in total. The molecule has 0 bridgehead atoms. The summed E-state index contributed by atoms with van der Waals surface area (Å²) < 4.78 is 47.1. The van der Waals surface area contributed by atoms with Gasteiger partial charge in [-0.25, -0.2) is 4.79 Å². The van der Waals surface area contributed by atoms with Gasteiger partial charge in [-0.3, -0.25) is 4.98 Å². The molecule has 0 radical (unpaired) electrons. The number of hydrogen-bond donors (Lipinski definition) is 0. The van der Waals surface area contributed by atoms with Crippen LogP contribution in [0, 0.1) is 0 Å². The molecule has 0 aliphatic rings. The average molecular weight is 412 g/mol.